The lowest BCUT2D eigenvalue weighted by Crippen LogP contribution is -2.43. The maximum atomic E-state index is 12.9. The Bertz CT molecular complexity index is 758. The van der Waals surface area contributed by atoms with Crippen LogP contribution >= 0.6 is 11.6 Å². The molecule has 0 unspecified atom stereocenters. The average molecular weight is 463 g/mol. The molecule has 1 aromatic carbocycles. The van der Waals surface area contributed by atoms with Crippen LogP contribution in [0.4, 0.5) is 5.69 Å². The predicted octanol–water partition coefficient (Wildman–Crippen LogP) is 4.24. The van der Waals surface area contributed by atoms with Crippen LogP contribution in [0.3, 0.4) is 0 Å². The zero-order chi connectivity index (χ0) is 22.3. The summed E-state index contributed by atoms with van der Waals surface area (Å²) < 4.78 is 0. The maximum absolute atomic E-state index is 12.9. The molecular formula is C25H39ClN4O2. The third-order valence-corrected chi connectivity index (χ3v) is 7.17. The smallest absolute Gasteiger partial charge is 0.252 e. The van der Waals surface area contributed by atoms with Crippen molar-refractivity contribution in [1.29, 1.82) is 0 Å². The number of anilines is 1. The van der Waals surface area contributed by atoms with Gasteiger partial charge in [-0.3, -0.25) is 9.59 Å². The fourth-order valence-corrected chi connectivity index (χ4v) is 5.29. The van der Waals surface area contributed by atoms with Crippen molar-refractivity contribution in [3.63, 3.8) is 0 Å². The van der Waals surface area contributed by atoms with E-state index in [4.69, 9.17) is 11.6 Å². The van der Waals surface area contributed by atoms with Gasteiger partial charge in [0.05, 0.1) is 10.6 Å². The highest BCUT2D eigenvalue weighted by atomic mass is 35.5. The predicted molar refractivity (Wildman–Crippen MR) is 132 cm³/mol. The number of fused-ring (bicyclic) bond motifs is 2. The van der Waals surface area contributed by atoms with Gasteiger partial charge in [0.1, 0.15) is 0 Å². The molecule has 0 atom stereocenters. The molecule has 3 N–H and O–H groups in total. The summed E-state index contributed by atoms with van der Waals surface area (Å²) in [5.41, 5.74) is 1.68. The molecule has 3 rings (SSSR count). The molecule has 0 heterocycles. The normalized spacial score (nSPS) is 21.9. The molecule has 2 bridgehead atoms. The molecule has 2 radical (unpaired) electrons. The second-order valence-corrected chi connectivity index (χ2v) is 9.85. The summed E-state index contributed by atoms with van der Waals surface area (Å²) in [6.07, 6.45) is 9.50. The molecule has 6 nitrogen and oxygen atoms in total. The van der Waals surface area contributed by atoms with E-state index in [2.05, 4.69) is 16.0 Å². The topological polar surface area (TPSA) is 73.5 Å². The maximum Gasteiger partial charge on any atom is 0.252 e. The number of benzene rings is 1. The summed E-state index contributed by atoms with van der Waals surface area (Å²) in [7, 11) is 3.53. The number of amides is 2. The Kier molecular flexibility index (Phi) is 10.3. The van der Waals surface area contributed by atoms with Crippen molar-refractivity contribution < 1.29 is 9.59 Å². The Balaban J connectivity index is 0.00000363. The monoisotopic (exact) mass is 462 g/mol. The van der Waals surface area contributed by atoms with Gasteiger partial charge in [0, 0.05) is 52.4 Å². The van der Waals surface area contributed by atoms with Gasteiger partial charge in [0.2, 0.25) is 5.91 Å². The molecule has 0 aliphatic heterocycles. The lowest BCUT2D eigenvalue weighted by molar-refractivity contribution is -0.128. The van der Waals surface area contributed by atoms with Gasteiger partial charge in [-0.1, -0.05) is 44.7 Å². The van der Waals surface area contributed by atoms with E-state index in [0.29, 0.717) is 35.5 Å². The van der Waals surface area contributed by atoms with E-state index < -0.39 is 0 Å². The minimum Gasteiger partial charge on any atom is -0.384 e. The highest BCUT2D eigenvalue weighted by Crippen LogP contribution is 2.48. The van der Waals surface area contributed by atoms with Gasteiger partial charge in [-0.05, 0) is 48.8 Å². The lowest BCUT2D eigenvalue weighted by Gasteiger charge is -2.45. The van der Waals surface area contributed by atoms with Gasteiger partial charge in [-0.25, -0.2) is 0 Å². The van der Waals surface area contributed by atoms with E-state index in [9.17, 15) is 9.59 Å². The van der Waals surface area contributed by atoms with Crippen molar-refractivity contribution in [2.45, 2.75) is 51.4 Å². The number of hydrogen-bond donors (Lipinski definition) is 3. The first-order valence-electron chi connectivity index (χ1n) is 11.6. The molecule has 32 heavy (non-hydrogen) atoms. The van der Waals surface area contributed by atoms with Crippen LogP contribution in [-0.4, -0.2) is 57.0 Å². The molecule has 2 aliphatic carbocycles. The van der Waals surface area contributed by atoms with Gasteiger partial charge in [-0.2, -0.15) is 0 Å². The Morgan fingerprint density at radius 2 is 1.84 bits per heavy atom. The van der Waals surface area contributed by atoms with Crippen LogP contribution in [0.25, 0.3) is 0 Å². The van der Waals surface area contributed by atoms with Gasteiger partial charge in [0.25, 0.3) is 5.91 Å². The molecular weight excluding hydrogens is 424 g/mol. The quantitative estimate of drug-likeness (QED) is 0.455. The second kappa shape index (κ2) is 12.4. The van der Waals surface area contributed by atoms with Crippen LogP contribution < -0.4 is 16.0 Å². The summed E-state index contributed by atoms with van der Waals surface area (Å²) >= 11 is 6.34. The first kappa shape index (κ1) is 26.5. The van der Waals surface area contributed by atoms with Gasteiger partial charge >= 0.3 is 0 Å². The molecule has 2 amide bonds. The van der Waals surface area contributed by atoms with Crippen molar-refractivity contribution in [2.75, 3.05) is 45.6 Å². The first-order valence-corrected chi connectivity index (χ1v) is 12.0. The SMILES string of the molecule is CN(C)C(=O)CCNCCNc1ccc(Cl)c(C(=O)NCC23CCCC(CCC2)C3)c1.[CH2]. The zero-order valence-corrected chi connectivity index (χ0v) is 20.4. The van der Waals surface area contributed by atoms with Crippen LogP contribution in [0.5, 0.6) is 0 Å². The number of nitrogens with zero attached hydrogens (tertiary/aromatic N) is 1. The second-order valence-electron chi connectivity index (χ2n) is 9.45. The highest BCUT2D eigenvalue weighted by Gasteiger charge is 2.39. The van der Waals surface area contributed by atoms with Crippen LogP contribution in [-0.2, 0) is 4.79 Å². The Morgan fingerprint density at radius 3 is 2.53 bits per heavy atom. The van der Waals surface area contributed by atoms with Crippen molar-refractivity contribution in [3.05, 3.63) is 36.2 Å². The van der Waals surface area contributed by atoms with Crippen LogP contribution in [0.15, 0.2) is 18.2 Å². The summed E-state index contributed by atoms with van der Waals surface area (Å²) in [6, 6.07) is 5.49. The number of halogens is 1. The molecule has 178 valence electrons. The third-order valence-electron chi connectivity index (χ3n) is 6.84. The van der Waals surface area contributed by atoms with Crippen molar-refractivity contribution >= 4 is 29.1 Å². The molecule has 2 fully saturated rings. The highest BCUT2D eigenvalue weighted by molar-refractivity contribution is 6.34. The number of hydrogen-bond acceptors (Lipinski definition) is 4. The van der Waals surface area contributed by atoms with Gasteiger partial charge in [-0.15, -0.1) is 0 Å². The van der Waals surface area contributed by atoms with Crippen LogP contribution in [0.1, 0.15) is 61.7 Å². The number of carbonyl (C=O) groups excluding carboxylic acids is 2. The van der Waals surface area contributed by atoms with E-state index >= 15 is 0 Å². The summed E-state index contributed by atoms with van der Waals surface area (Å²) in [4.78, 5) is 26.0. The zero-order valence-electron chi connectivity index (χ0n) is 19.6. The Morgan fingerprint density at radius 1 is 1.12 bits per heavy atom. The average Bonchev–Trinajstić information content (AvgIpc) is 2.75. The largest absolute Gasteiger partial charge is 0.384 e. The van der Waals surface area contributed by atoms with E-state index in [0.717, 1.165) is 24.7 Å². The van der Waals surface area contributed by atoms with Crippen LogP contribution in [0.2, 0.25) is 5.02 Å². The fourth-order valence-electron chi connectivity index (χ4n) is 5.08. The van der Waals surface area contributed by atoms with Gasteiger partial charge < -0.3 is 20.9 Å². The molecule has 0 spiro atoms. The first-order chi connectivity index (χ1) is 14.9. The molecule has 2 saturated carbocycles. The number of nitrogens with one attached hydrogen (secondary N) is 3. The summed E-state index contributed by atoms with van der Waals surface area (Å²) in [5, 5.41) is 10.2. The van der Waals surface area contributed by atoms with E-state index in [1.165, 1.54) is 44.9 Å². The molecule has 2 aliphatic rings. The summed E-state index contributed by atoms with van der Waals surface area (Å²) in [5.74, 6) is 0.881. The number of carbonyl (C=O) groups is 2. The molecule has 0 aromatic heterocycles. The molecule has 0 saturated heterocycles. The van der Waals surface area contributed by atoms with E-state index in [1.807, 2.05) is 12.1 Å². The minimum absolute atomic E-state index is 0. The van der Waals surface area contributed by atoms with E-state index in [-0.39, 0.29) is 19.2 Å². The third kappa shape index (κ3) is 7.38. The van der Waals surface area contributed by atoms with Crippen LogP contribution in [0, 0.1) is 18.8 Å². The minimum atomic E-state index is -0.0870. The van der Waals surface area contributed by atoms with Crippen molar-refractivity contribution in [1.82, 2.24) is 15.5 Å². The Hall–Kier alpha value is -1.79. The van der Waals surface area contributed by atoms with E-state index in [1.54, 1.807) is 25.1 Å². The van der Waals surface area contributed by atoms with Gasteiger partial charge in [0.15, 0.2) is 0 Å². The van der Waals surface area contributed by atoms with Crippen molar-refractivity contribution in [3.8, 4) is 0 Å². The van der Waals surface area contributed by atoms with Crippen molar-refractivity contribution in [2.24, 2.45) is 11.3 Å². The summed E-state index contributed by atoms with van der Waals surface area (Å²) in [6.45, 7) is 2.83. The fraction of sp³-hybridized carbons (Fsp3) is 0.640. The molecule has 7 heteroatoms. The lowest BCUT2D eigenvalue weighted by atomic mass is 9.62. The molecule has 1 aromatic rings. The number of rotatable bonds is 10. The standard InChI is InChI=1S/C24H37ClN4O2.CH2/c1-29(2)22(30)9-12-26-13-14-27-19-7-8-21(25)20(15-19)23(31)28-17-24-10-3-5-18(16-24)6-4-11-24;/h7-8,15,18,26-27H,3-6,9-14,16-17H2,1-2H3,(H,28,31);1H2. The Labute approximate surface area is 198 Å².